The van der Waals surface area contributed by atoms with Crippen molar-refractivity contribution in [2.45, 2.75) is 30.6 Å². The van der Waals surface area contributed by atoms with Gasteiger partial charge in [-0.3, -0.25) is 14.2 Å². The number of nitrogens with zero attached hydrogens (tertiary/aromatic N) is 3. The minimum absolute atomic E-state index is 0.0740. The fraction of sp³-hybridized carbons (Fsp3) is 0.316. The van der Waals surface area contributed by atoms with Crippen molar-refractivity contribution in [3.63, 3.8) is 0 Å². The smallest absolute Gasteiger partial charge is 0.263 e. The van der Waals surface area contributed by atoms with Crippen LogP contribution in [-0.4, -0.2) is 39.2 Å². The lowest BCUT2D eigenvalue weighted by Gasteiger charge is -2.16. The third-order valence-electron chi connectivity index (χ3n) is 4.57. The van der Waals surface area contributed by atoms with E-state index >= 15 is 0 Å². The summed E-state index contributed by atoms with van der Waals surface area (Å²) in [6.07, 6.45) is 3.85. The summed E-state index contributed by atoms with van der Waals surface area (Å²) < 4.78 is 1.62. The van der Waals surface area contributed by atoms with Crippen LogP contribution in [0.1, 0.15) is 12.8 Å². The fourth-order valence-electron chi connectivity index (χ4n) is 2.91. The zero-order chi connectivity index (χ0) is 19.0. The van der Waals surface area contributed by atoms with E-state index in [0.717, 1.165) is 23.3 Å². The number of carbonyl (C=O) groups excluding carboxylic acids is 1. The number of hydrogen-bond acceptors (Lipinski definition) is 6. The molecule has 5 nitrogen and oxygen atoms in total. The molecule has 0 aromatic carbocycles. The predicted molar refractivity (Wildman–Crippen MR) is 114 cm³/mol. The molecule has 0 unspecified atom stereocenters. The Morgan fingerprint density at radius 2 is 2.30 bits per heavy atom. The fourth-order valence-corrected chi connectivity index (χ4v) is 5.65. The van der Waals surface area contributed by atoms with Crippen molar-refractivity contribution in [2.75, 3.05) is 12.8 Å². The van der Waals surface area contributed by atoms with E-state index in [1.165, 1.54) is 23.1 Å². The third kappa shape index (κ3) is 3.61. The van der Waals surface area contributed by atoms with E-state index in [9.17, 15) is 9.59 Å². The van der Waals surface area contributed by atoms with Gasteiger partial charge in [0.2, 0.25) is 5.91 Å². The second kappa shape index (κ2) is 7.61. The van der Waals surface area contributed by atoms with Gasteiger partial charge in [0.25, 0.3) is 5.56 Å². The Kier molecular flexibility index (Phi) is 5.21. The number of fused-ring (bicyclic) bond motifs is 1. The molecule has 0 bridgehead atoms. The molecule has 0 spiro atoms. The molecule has 1 aliphatic carbocycles. The average molecular weight is 418 g/mol. The summed E-state index contributed by atoms with van der Waals surface area (Å²) >= 11 is 4.41. The van der Waals surface area contributed by atoms with Crippen LogP contribution in [0.4, 0.5) is 0 Å². The largest absolute Gasteiger partial charge is 0.342 e. The van der Waals surface area contributed by atoms with Crippen molar-refractivity contribution in [1.82, 2.24) is 14.5 Å². The topological polar surface area (TPSA) is 55.2 Å². The molecule has 27 heavy (non-hydrogen) atoms. The molecule has 0 atom stereocenters. The highest BCUT2D eigenvalue weighted by Crippen LogP contribution is 2.34. The van der Waals surface area contributed by atoms with Gasteiger partial charge in [-0.15, -0.1) is 29.3 Å². The van der Waals surface area contributed by atoms with Crippen LogP contribution in [0.2, 0.25) is 0 Å². The number of rotatable bonds is 7. The first-order valence-corrected chi connectivity index (χ1v) is 11.4. The summed E-state index contributed by atoms with van der Waals surface area (Å²) in [7, 11) is 1.85. The molecule has 0 saturated heterocycles. The Hall–Kier alpha value is -1.90. The lowest BCUT2D eigenvalue weighted by Crippen LogP contribution is -2.30. The van der Waals surface area contributed by atoms with Gasteiger partial charge in [-0.05, 0) is 24.3 Å². The maximum Gasteiger partial charge on any atom is 0.263 e. The van der Waals surface area contributed by atoms with Gasteiger partial charge in [0.1, 0.15) is 4.83 Å². The summed E-state index contributed by atoms with van der Waals surface area (Å²) in [5.41, 5.74) is 0.858. The summed E-state index contributed by atoms with van der Waals surface area (Å²) in [6.45, 7) is 4.14. The first-order valence-electron chi connectivity index (χ1n) is 8.65. The van der Waals surface area contributed by atoms with Crippen molar-refractivity contribution in [3.8, 4) is 10.4 Å². The first kappa shape index (κ1) is 18.5. The number of carbonyl (C=O) groups is 1. The Morgan fingerprint density at radius 3 is 2.96 bits per heavy atom. The van der Waals surface area contributed by atoms with Gasteiger partial charge in [-0.25, -0.2) is 4.98 Å². The van der Waals surface area contributed by atoms with Crippen LogP contribution in [0.15, 0.2) is 45.5 Å². The highest BCUT2D eigenvalue weighted by molar-refractivity contribution is 7.99. The zero-order valence-electron chi connectivity index (χ0n) is 14.9. The van der Waals surface area contributed by atoms with Crippen molar-refractivity contribution in [1.29, 1.82) is 0 Å². The van der Waals surface area contributed by atoms with Gasteiger partial charge in [-0.1, -0.05) is 23.9 Å². The van der Waals surface area contributed by atoms with Gasteiger partial charge < -0.3 is 4.90 Å². The predicted octanol–water partition coefficient (Wildman–Crippen LogP) is 4.09. The first-order chi connectivity index (χ1) is 13.1. The molecule has 8 heteroatoms. The molecular weight excluding hydrogens is 398 g/mol. The molecule has 1 saturated carbocycles. The van der Waals surface area contributed by atoms with Crippen LogP contribution in [0, 0.1) is 0 Å². The number of thioether (sulfide) groups is 1. The van der Waals surface area contributed by atoms with Gasteiger partial charge >= 0.3 is 0 Å². The Bertz CT molecular complexity index is 1050. The van der Waals surface area contributed by atoms with Crippen molar-refractivity contribution in [3.05, 3.63) is 45.9 Å². The van der Waals surface area contributed by atoms with E-state index in [1.807, 2.05) is 34.8 Å². The molecular formula is C19H19N3O2S3. The molecule has 0 N–H and O–H groups in total. The molecule has 0 radical (unpaired) electrons. The van der Waals surface area contributed by atoms with Gasteiger partial charge in [0.15, 0.2) is 5.16 Å². The molecule has 1 amide bonds. The minimum atomic E-state index is -0.0740. The molecule has 3 heterocycles. The number of allylic oxidation sites excluding steroid dienone is 1. The standard InChI is InChI=1S/C19H19N3O2S3/c1-3-8-22-18(24)16-13(14-5-4-9-25-14)10-26-17(16)20-19(22)27-11-15(23)21(2)12-6-7-12/h3-5,9-10,12H,1,6-8,11H2,2H3. The van der Waals surface area contributed by atoms with Crippen molar-refractivity contribution in [2.24, 2.45) is 0 Å². The lowest BCUT2D eigenvalue weighted by atomic mass is 10.2. The summed E-state index contributed by atoms with van der Waals surface area (Å²) in [5.74, 6) is 0.359. The summed E-state index contributed by atoms with van der Waals surface area (Å²) in [6, 6.07) is 4.37. The Labute approximate surface area is 169 Å². The minimum Gasteiger partial charge on any atom is -0.342 e. The monoisotopic (exact) mass is 417 g/mol. The summed E-state index contributed by atoms with van der Waals surface area (Å²) in [4.78, 5) is 33.8. The maximum atomic E-state index is 13.2. The van der Waals surface area contributed by atoms with Gasteiger partial charge in [0, 0.05) is 35.5 Å². The third-order valence-corrected chi connectivity index (χ3v) is 7.31. The van der Waals surface area contributed by atoms with Crippen LogP contribution in [-0.2, 0) is 11.3 Å². The zero-order valence-corrected chi connectivity index (χ0v) is 17.3. The SMILES string of the molecule is C=CCn1c(SCC(=O)N(C)C2CC2)nc2scc(-c3cccs3)c2c1=O. The van der Waals surface area contributed by atoms with E-state index in [1.54, 1.807) is 22.0 Å². The molecule has 0 aliphatic heterocycles. The highest BCUT2D eigenvalue weighted by Gasteiger charge is 2.29. The number of aromatic nitrogens is 2. The normalized spacial score (nSPS) is 13.8. The second-order valence-corrected chi connectivity index (χ2v) is 9.18. The second-order valence-electron chi connectivity index (χ2n) is 6.43. The molecule has 1 aliphatic rings. The molecule has 1 fully saturated rings. The van der Waals surface area contributed by atoms with Crippen LogP contribution in [0.25, 0.3) is 20.7 Å². The molecule has 3 aromatic rings. The Balaban J connectivity index is 1.70. The van der Waals surface area contributed by atoms with E-state index in [4.69, 9.17) is 4.98 Å². The van der Waals surface area contributed by atoms with E-state index < -0.39 is 0 Å². The average Bonchev–Trinajstić information content (AvgIpc) is 3.20. The quantitative estimate of drug-likeness (QED) is 0.330. The van der Waals surface area contributed by atoms with Crippen LogP contribution < -0.4 is 5.56 Å². The lowest BCUT2D eigenvalue weighted by molar-refractivity contribution is -0.127. The number of amides is 1. The van der Waals surface area contributed by atoms with E-state index in [0.29, 0.717) is 28.0 Å². The molecule has 140 valence electrons. The van der Waals surface area contributed by atoms with Gasteiger partial charge in [-0.2, -0.15) is 0 Å². The number of thiophene rings is 2. The maximum absolute atomic E-state index is 13.2. The van der Waals surface area contributed by atoms with E-state index in [-0.39, 0.29) is 17.2 Å². The highest BCUT2D eigenvalue weighted by atomic mass is 32.2. The molecule has 3 aromatic heterocycles. The Morgan fingerprint density at radius 1 is 1.48 bits per heavy atom. The molecule has 4 rings (SSSR count). The van der Waals surface area contributed by atoms with E-state index in [2.05, 4.69) is 6.58 Å². The summed E-state index contributed by atoms with van der Waals surface area (Å²) in [5, 5.41) is 5.21. The van der Waals surface area contributed by atoms with Crippen LogP contribution in [0.5, 0.6) is 0 Å². The van der Waals surface area contributed by atoms with Crippen LogP contribution >= 0.6 is 34.4 Å². The van der Waals surface area contributed by atoms with Crippen LogP contribution in [0.3, 0.4) is 0 Å². The number of hydrogen-bond donors (Lipinski definition) is 0. The van der Waals surface area contributed by atoms with Crippen molar-refractivity contribution >= 4 is 50.6 Å². The van der Waals surface area contributed by atoms with Gasteiger partial charge in [0.05, 0.1) is 11.1 Å². The van der Waals surface area contributed by atoms with Crippen molar-refractivity contribution < 1.29 is 4.79 Å².